The third kappa shape index (κ3) is 5.37. The molecule has 1 fully saturated rings. The second-order valence-corrected chi connectivity index (χ2v) is 7.70. The Hall–Kier alpha value is -2.90. The van der Waals surface area contributed by atoms with Gasteiger partial charge in [0.1, 0.15) is 0 Å². The van der Waals surface area contributed by atoms with Crippen LogP contribution in [0.1, 0.15) is 24.8 Å². The molecule has 1 aliphatic heterocycles. The third-order valence-corrected chi connectivity index (χ3v) is 5.19. The first kappa shape index (κ1) is 20.4. The molecule has 4 rings (SSSR count). The second-order valence-electron chi connectivity index (χ2n) is 6.86. The van der Waals surface area contributed by atoms with Gasteiger partial charge in [-0.3, -0.25) is 0 Å². The number of piperidine rings is 1. The van der Waals surface area contributed by atoms with Crippen LogP contribution in [0.3, 0.4) is 0 Å². The zero-order valence-electron chi connectivity index (χ0n) is 16.2. The topological polar surface area (TPSA) is 78.3 Å². The molecule has 2 aromatic carbocycles. The van der Waals surface area contributed by atoms with Crippen molar-refractivity contribution in [2.75, 3.05) is 28.7 Å². The van der Waals surface area contributed by atoms with Crippen LogP contribution in [0.5, 0.6) is 0 Å². The van der Waals surface area contributed by atoms with Crippen molar-refractivity contribution in [2.45, 2.75) is 19.3 Å². The summed E-state index contributed by atoms with van der Waals surface area (Å²) in [6, 6.07) is 15.0. The van der Waals surface area contributed by atoms with Crippen LogP contribution in [0.25, 0.3) is 0 Å². The third-order valence-electron chi connectivity index (χ3n) is 4.62. The summed E-state index contributed by atoms with van der Waals surface area (Å²) in [7, 11) is 0. The van der Waals surface area contributed by atoms with Crippen LogP contribution in [0.2, 0.25) is 10.0 Å². The number of anilines is 4. The fourth-order valence-corrected chi connectivity index (χ4v) is 3.58. The van der Waals surface area contributed by atoms with E-state index in [-0.39, 0.29) is 0 Å². The van der Waals surface area contributed by atoms with Crippen LogP contribution in [0.4, 0.5) is 23.5 Å². The SMILES string of the molecule is Clc1ccc(/C=N/Nc2nc(Nc3ccccc3)nc(N3CCCCC3)n2)c(Cl)c1. The Morgan fingerprint density at radius 1 is 0.900 bits per heavy atom. The Labute approximate surface area is 185 Å². The highest BCUT2D eigenvalue weighted by Crippen LogP contribution is 2.21. The van der Waals surface area contributed by atoms with E-state index in [2.05, 4.69) is 35.7 Å². The van der Waals surface area contributed by atoms with Gasteiger partial charge in [0, 0.05) is 29.4 Å². The fourth-order valence-electron chi connectivity index (χ4n) is 3.12. The number of benzene rings is 2. The number of hydrogen-bond acceptors (Lipinski definition) is 7. The van der Waals surface area contributed by atoms with Gasteiger partial charge in [-0.1, -0.05) is 47.5 Å². The Morgan fingerprint density at radius 2 is 1.67 bits per heavy atom. The van der Waals surface area contributed by atoms with Crippen LogP contribution in [0, 0.1) is 0 Å². The summed E-state index contributed by atoms with van der Waals surface area (Å²) in [5.41, 5.74) is 4.53. The number of halogens is 2. The van der Waals surface area contributed by atoms with Gasteiger partial charge in [-0.25, -0.2) is 5.43 Å². The highest BCUT2D eigenvalue weighted by molar-refractivity contribution is 6.36. The van der Waals surface area contributed by atoms with E-state index >= 15 is 0 Å². The van der Waals surface area contributed by atoms with E-state index in [0.29, 0.717) is 27.9 Å². The molecule has 2 heterocycles. The largest absolute Gasteiger partial charge is 0.341 e. The van der Waals surface area contributed by atoms with Crippen molar-refractivity contribution in [1.82, 2.24) is 15.0 Å². The maximum Gasteiger partial charge on any atom is 0.250 e. The number of para-hydroxylation sites is 1. The second kappa shape index (κ2) is 9.73. The molecular weight excluding hydrogens is 421 g/mol. The lowest BCUT2D eigenvalue weighted by atomic mass is 10.1. The number of aromatic nitrogens is 3. The number of nitrogens with zero attached hydrogens (tertiary/aromatic N) is 5. The summed E-state index contributed by atoms with van der Waals surface area (Å²) in [6.45, 7) is 1.86. The molecule has 1 aliphatic rings. The van der Waals surface area contributed by atoms with Crippen LogP contribution < -0.4 is 15.6 Å². The molecule has 7 nitrogen and oxygen atoms in total. The van der Waals surface area contributed by atoms with Crippen molar-refractivity contribution in [1.29, 1.82) is 0 Å². The van der Waals surface area contributed by atoms with Crippen LogP contribution in [-0.2, 0) is 0 Å². The van der Waals surface area contributed by atoms with Crippen molar-refractivity contribution >= 4 is 52.9 Å². The zero-order valence-corrected chi connectivity index (χ0v) is 17.7. The van der Waals surface area contributed by atoms with Gasteiger partial charge in [0.05, 0.1) is 11.2 Å². The molecule has 0 saturated carbocycles. The molecule has 1 saturated heterocycles. The lowest BCUT2D eigenvalue weighted by molar-refractivity contribution is 0.568. The first-order valence-electron chi connectivity index (χ1n) is 9.74. The number of hydrazone groups is 1. The molecular formula is C21H21Cl2N7. The summed E-state index contributed by atoms with van der Waals surface area (Å²) >= 11 is 12.1. The van der Waals surface area contributed by atoms with Crippen molar-refractivity contribution in [3.05, 3.63) is 64.1 Å². The number of hydrogen-bond donors (Lipinski definition) is 2. The van der Waals surface area contributed by atoms with Crippen molar-refractivity contribution in [2.24, 2.45) is 5.10 Å². The van der Waals surface area contributed by atoms with E-state index < -0.39 is 0 Å². The predicted molar refractivity (Wildman–Crippen MR) is 123 cm³/mol. The van der Waals surface area contributed by atoms with Crippen LogP contribution in [-0.4, -0.2) is 34.3 Å². The number of rotatable bonds is 6. The van der Waals surface area contributed by atoms with Gasteiger partial charge in [-0.05, 0) is 43.5 Å². The van der Waals surface area contributed by atoms with Gasteiger partial charge < -0.3 is 10.2 Å². The Morgan fingerprint density at radius 3 is 2.43 bits per heavy atom. The first-order chi connectivity index (χ1) is 14.7. The van der Waals surface area contributed by atoms with Crippen LogP contribution >= 0.6 is 23.2 Å². The molecule has 0 spiro atoms. The molecule has 0 unspecified atom stereocenters. The molecule has 0 atom stereocenters. The summed E-state index contributed by atoms with van der Waals surface area (Å²) in [6.07, 6.45) is 5.09. The summed E-state index contributed by atoms with van der Waals surface area (Å²) in [5, 5.41) is 8.56. The Bertz CT molecular complexity index is 1020. The molecule has 0 radical (unpaired) electrons. The van der Waals surface area contributed by atoms with E-state index in [0.717, 1.165) is 37.2 Å². The smallest absolute Gasteiger partial charge is 0.250 e. The van der Waals surface area contributed by atoms with E-state index in [9.17, 15) is 0 Å². The maximum atomic E-state index is 6.19. The molecule has 2 N–H and O–H groups in total. The molecule has 30 heavy (non-hydrogen) atoms. The standard InChI is InChI=1S/C21H21Cl2N7/c22-16-10-9-15(18(23)13-16)14-24-29-20-26-19(25-17-7-3-1-4-8-17)27-21(28-20)30-11-5-2-6-12-30/h1,3-4,7-10,13-14H,2,5-6,11-12H2,(H2,25,26,27,28,29)/b24-14+. The minimum absolute atomic E-state index is 0.352. The maximum absolute atomic E-state index is 6.19. The predicted octanol–water partition coefficient (Wildman–Crippen LogP) is 5.36. The number of nitrogens with one attached hydrogen (secondary N) is 2. The molecule has 0 amide bonds. The molecule has 0 bridgehead atoms. The summed E-state index contributed by atoms with van der Waals surface area (Å²) < 4.78 is 0. The summed E-state index contributed by atoms with van der Waals surface area (Å²) in [5.74, 6) is 1.44. The van der Waals surface area contributed by atoms with Gasteiger partial charge >= 0.3 is 0 Å². The monoisotopic (exact) mass is 441 g/mol. The molecule has 9 heteroatoms. The molecule has 3 aromatic rings. The zero-order chi connectivity index (χ0) is 20.8. The Kier molecular flexibility index (Phi) is 6.61. The minimum atomic E-state index is 0.352. The van der Waals surface area contributed by atoms with Gasteiger partial charge in [0.25, 0.3) is 0 Å². The van der Waals surface area contributed by atoms with Crippen molar-refractivity contribution in [3.63, 3.8) is 0 Å². The quantitative estimate of drug-likeness (QED) is 0.395. The first-order valence-corrected chi connectivity index (χ1v) is 10.5. The van der Waals surface area contributed by atoms with E-state index in [1.807, 2.05) is 30.3 Å². The van der Waals surface area contributed by atoms with Gasteiger partial charge in [-0.2, -0.15) is 20.1 Å². The molecule has 1 aromatic heterocycles. The summed E-state index contributed by atoms with van der Waals surface area (Å²) in [4.78, 5) is 15.8. The molecule has 154 valence electrons. The highest BCUT2D eigenvalue weighted by atomic mass is 35.5. The fraction of sp³-hybridized carbons (Fsp3) is 0.238. The van der Waals surface area contributed by atoms with Gasteiger partial charge in [0.15, 0.2) is 0 Å². The van der Waals surface area contributed by atoms with E-state index in [1.54, 1.807) is 24.4 Å². The van der Waals surface area contributed by atoms with Gasteiger partial charge in [-0.15, -0.1) is 0 Å². The Balaban J connectivity index is 1.57. The highest BCUT2D eigenvalue weighted by Gasteiger charge is 2.16. The lowest BCUT2D eigenvalue weighted by Gasteiger charge is -2.26. The van der Waals surface area contributed by atoms with Crippen molar-refractivity contribution in [3.8, 4) is 0 Å². The van der Waals surface area contributed by atoms with Crippen LogP contribution in [0.15, 0.2) is 53.6 Å². The molecule has 0 aliphatic carbocycles. The lowest BCUT2D eigenvalue weighted by Crippen LogP contribution is -2.31. The normalized spacial score (nSPS) is 14.1. The minimum Gasteiger partial charge on any atom is -0.341 e. The van der Waals surface area contributed by atoms with E-state index in [4.69, 9.17) is 23.2 Å². The average Bonchev–Trinajstić information content (AvgIpc) is 2.76. The van der Waals surface area contributed by atoms with Crippen molar-refractivity contribution < 1.29 is 0 Å². The van der Waals surface area contributed by atoms with Gasteiger partial charge in [0.2, 0.25) is 17.8 Å². The average molecular weight is 442 g/mol. The van der Waals surface area contributed by atoms with E-state index in [1.165, 1.54) is 6.42 Å².